The first-order valence-electron chi connectivity index (χ1n) is 10.5. The molecule has 28 heavy (non-hydrogen) atoms. The third-order valence-electron chi connectivity index (χ3n) is 6.14. The third kappa shape index (κ3) is 4.31. The van der Waals surface area contributed by atoms with E-state index in [-0.39, 0.29) is 11.7 Å². The summed E-state index contributed by atoms with van der Waals surface area (Å²) in [5.41, 5.74) is 3.02. The largest absolute Gasteiger partial charge is 0.207 e. The molecule has 0 atom stereocenters. The molecular weight excluding hydrogens is 349 g/mol. The molecule has 1 saturated heterocycles. The van der Waals surface area contributed by atoms with Crippen LogP contribution in [-0.4, -0.2) is 16.1 Å². The van der Waals surface area contributed by atoms with Gasteiger partial charge in [-0.3, -0.25) is 0 Å². The lowest BCUT2D eigenvalue weighted by atomic mass is 9.72. The Balaban J connectivity index is 1.83. The van der Waals surface area contributed by atoms with Crippen LogP contribution in [0.4, 0.5) is 4.39 Å². The molecule has 2 nitrogen and oxygen atoms in total. The molecule has 0 N–H and O–H groups in total. The van der Waals surface area contributed by atoms with Crippen LogP contribution in [0.2, 0.25) is 0 Å². The Hall–Kier alpha value is -1.71. The topological polar surface area (TPSA) is 23.1 Å². The number of nitrogens with zero attached hydrogens (tertiary/aromatic N) is 1. The molecule has 2 aromatic carbocycles. The fourth-order valence-corrected chi connectivity index (χ4v) is 4.77. The van der Waals surface area contributed by atoms with Gasteiger partial charge in [0.15, 0.2) is 0 Å². The van der Waals surface area contributed by atoms with Crippen molar-refractivity contribution in [3.05, 3.63) is 59.4 Å². The zero-order valence-corrected chi connectivity index (χ0v) is 17.9. The molecule has 1 radical (unpaired) electrons. The highest BCUT2D eigenvalue weighted by Crippen LogP contribution is 2.45. The van der Waals surface area contributed by atoms with Gasteiger partial charge in [-0.15, -0.1) is 10.3 Å². The number of aryl methyl sites for hydroxylation is 1. The molecule has 1 aliphatic heterocycles. The van der Waals surface area contributed by atoms with Crippen LogP contribution in [-0.2, 0) is 11.6 Å². The molecule has 0 bridgehead atoms. The summed E-state index contributed by atoms with van der Waals surface area (Å²) in [6, 6.07) is 14.1. The van der Waals surface area contributed by atoms with E-state index >= 15 is 4.39 Å². The van der Waals surface area contributed by atoms with Crippen molar-refractivity contribution in [2.45, 2.75) is 83.7 Å². The lowest BCUT2D eigenvalue weighted by Crippen LogP contribution is -2.57. The summed E-state index contributed by atoms with van der Waals surface area (Å²) in [6.45, 7) is 10.0. The number of piperidine rings is 1. The number of halogens is 1. The number of hydrogen-bond acceptors (Lipinski definition) is 1. The highest BCUT2D eigenvalue weighted by molar-refractivity contribution is 5.64. The van der Waals surface area contributed by atoms with E-state index < -0.39 is 11.1 Å². The number of unbranched alkanes of at least 4 members (excludes halogenated alkanes) is 1. The molecule has 2 aromatic rings. The van der Waals surface area contributed by atoms with Gasteiger partial charge in [-0.1, -0.05) is 49.7 Å². The van der Waals surface area contributed by atoms with Crippen LogP contribution in [0.1, 0.15) is 77.3 Å². The minimum atomic E-state index is -0.494. The molecule has 0 unspecified atom stereocenters. The van der Waals surface area contributed by atoms with Gasteiger partial charge < -0.3 is 0 Å². The van der Waals surface area contributed by atoms with Gasteiger partial charge in [-0.25, -0.2) is 4.39 Å². The van der Waals surface area contributed by atoms with E-state index in [4.69, 9.17) is 0 Å². The van der Waals surface area contributed by atoms with Crippen molar-refractivity contribution >= 4 is 0 Å². The van der Waals surface area contributed by atoms with E-state index in [0.717, 1.165) is 23.1 Å². The molecule has 0 saturated carbocycles. The zero-order chi connectivity index (χ0) is 20.5. The van der Waals surface area contributed by atoms with Crippen LogP contribution in [0.25, 0.3) is 11.1 Å². The molecule has 0 spiro atoms. The first-order chi connectivity index (χ1) is 13.1. The van der Waals surface area contributed by atoms with Crippen molar-refractivity contribution in [3.63, 3.8) is 0 Å². The lowest BCUT2D eigenvalue weighted by Gasteiger charge is -2.50. The molecular formula is C25H33FNO. The molecule has 3 heteroatoms. The van der Waals surface area contributed by atoms with Crippen LogP contribution in [0.15, 0.2) is 42.5 Å². The average Bonchev–Trinajstić information content (AvgIpc) is 2.64. The minimum Gasteiger partial charge on any atom is -0.207 e. The lowest BCUT2D eigenvalue weighted by molar-refractivity contribution is -0.289. The maximum atomic E-state index is 15.1. The van der Waals surface area contributed by atoms with Crippen LogP contribution in [0.5, 0.6) is 0 Å². The Kier molecular flexibility index (Phi) is 5.97. The number of rotatable bonds is 5. The summed E-state index contributed by atoms with van der Waals surface area (Å²) in [7, 11) is 0. The smallest absolute Gasteiger partial charge is 0.127 e. The number of benzene rings is 2. The molecule has 3 rings (SSSR count). The zero-order valence-electron chi connectivity index (χ0n) is 17.9. The number of hydrogen-bond donors (Lipinski definition) is 0. The van der Waals surface area contributed by atoms with E-state index in [9.17, 15) is 5.21 Å². The average molecular weight is 383 g/mol. The van der Waals surface area contributed by atoms with Gasteiger partial charge in [-0.2, -0.15) is 0 Å². The summed E-state index contributed by atoms with van der Waals surface area (Å²) >= 11 is 0. The molecule has 1 aliphatic rings. The molecule has 0 aliphatic carbocycles. The van der Waals surface area contributed by atoms with Gasteiger partial charge in [0.2, 0.25) is 0 Å². The predicted molar refractivity (Wildman–Crippen MR) is 113 cm³/mol. The van der Waals surface area contributed by atoms with Gasteiger partial charge >= 0.3 is 0 Å². The quantitative estimate of drug-likeness (QED) is 0.550. The Morgan fingerprint density at radius 2 is 1.54 bits per heavy atom. The number of hydroxylamine groups is 2. The second-order valence-corrected chi connectivity index (χ2v) is 9.56. The van der Waals surface area contributed by atoms with E-state index in [1.807, 2.05) is 39.8 Å². The minimum absolute atomic E-state index is 0.0562. The first-order valence-corrected chi connectivity index (χ1v) is 10.5. The summed E-state index contributed by atoms with van der Waals surface area (Å²) in [4.78, 5) is 0. The molecule has 151 valence electrons. The maximum absolute atomic E-state index is 15.1. The summed E-state index contributed by atoms with van der Waals surface area (Å²) in [5.74, 6) is -0.107. The summed E-state index contributed by atoms with van der Waals surface area (Å²) < 4.78 is 15.1. The Morgan fingerprint density at radius 1 is 0.964 bits per heavy atom. The van der Waals surface area contributed by atoms with Crippen LogP contribution in [0.3, 0.4) is 0 Å². The van der Waals surface area contributed by atoms with Crippen molar-refractivity contribution < 1.29 is 9.60 Å². The van der Waals surface area contributed by atoms with E-state index in [2.05, 4.69) is 31.2 Å². The Morgan fingerprint density at radius 3 is 2.07 bits per heavy atom. The SMILES string of the molecule is CCCCc1ccc(-c2ccc(C3CC(C)(C)N([O])C(C)(C)C3)c(F)c2)cc1. The van der Waals surface area contributed by atoms with E-state index in [1.54, 1.807) is 6.07 Å². The van der Waals surface area contributed by atoms with Gasteiger partial charge in [-0.05, 0) is 87.6 Å². The van der Waals surface area contributed by atoms with E-state index in [1.165, 1.54) is 23.5 Å². The third-order valence-corrected chi connectivity index (χ3v) is 6.14. The fourth-order valence-electron chi connectivity index (χ4n) is 4.77. The van der Waals surface area contributed by atoms with Gasteiger partial charge in [0, 0.05) is 11.1 Å². The predicted octanol–water partition coefficient (Wildman–Crippen LogP) is 6.92. The maximum Gasteiger partial charge on any atom is 0.127 e. The normalized spacial score (nSPS) is 19.7. The molecule has 0 aromatic heterocycles. The monoisotopic (exact) mass is 382 g/mol. The second-order valence-electron chi connectivity index (χ2n) is 9.56. The van der Waals surface area contributed by atoms with Crippen LogP contribution < -0.4 is 0 Å². The van der Waals surface area contributed by atoms with Crippen molar-refractivity contribution in [1.82, 2.24) is 5.06 Å². The van der Waals surface area contributed by atoms with Gasteiger partial charge in [0.1, 0.15) is 5.82 Å². The van der Waals surface area contributed by atoms with Crippen LogP contribution in [0, 0.1) is 5.82 Å². The van der Waals surface area contributed by atoms with E-state index in [0.29, 0.717) is 12.8 Å². The summed E-state index contributed by atoms with van der Waals surface area (Å²) in [5, 5.41) is 13.8. The first kappa shape index (κ1) is 21.0. The van der Waals surface area contributed by atoms with Crippen LogP contribution >= 0.6 is 0 Å². The highest BCUT2D eigenvalue weighted by Gasteiger charge is 2.46. The van der Waals surface area contributed by atoms with Gasteiger partial charge in [0.05, 0.1) is 0 Å². The highest BCUT2D eigenvalue weighted by atomic mass is 19.1. The Labute approximate surface area is 169 Å². The second kappa shape index (κ2) is 7.96. The van der Waals surface area contributed by atoms with Crippen molar-refractivity contribution in [2.24, 2.45) is 0 Å². The van der Waals surface area contributed by atoms with Gasteiger partial charge in [0.25, 0.3) is 0 Å². The molecule has 0 amide bonds. The summed E-state index contributed by atoms with van der Waals surface area (Å²) in [6.07, 6.45) is 4.81. The Bertz CT molecular complexity index is 792. The molecule has 1 fully saturated rings. The van der Waals surface area contributed by atoms with Crippen molar-refractivity contribution in [1.29, 1.82) is 0 Å². The van der Waals surface area contributed by atoms with Crippen molar-refractivity contribution in [2.75, 3.05) is 0 Å². The van der Waals surface area contributed by atoms with Crippen molar-refractivity contribution in [3.8, 4) is 11.1 Å². The standard InChI is InChI=1S/C25H33FNO/c1-6-7-8-18-9-11-19(12-10-18)20-13-14-22(23(26)15-20)21-16-24(2,3)27(28)25(4,5)17-21/h9-15,21H,6-8,16-17H2,1-5H3. The fraction of sp³-hybridized carbons (Fsp3) is 0.520. The molecule has 1 heterocycles.